The van der Waals surface area contributed by atoms with Crippen molar-refractivity contribution in [3.8, 4) is 0 Å². The van der Waals surface area contributed by atoms with Crippen LogP contribution in [-0.2, 0) is 14.3 Å². The number of hydrogen-bond donors (Lipinski definition) is 0. The maximum atomic E-state index is 12.4. The molecule has 2 aliphatic rings. The van der Waals surface area contributed by atoms with Crippen LogP contribution in [0.5, 0.6) is 0 Å². The summed E-state index contributed by atoms with van der Waals surface area (Å²) >= 11 is 0. The van der Waals surface area contributed by atoms with Crippen molar-refractivity contribution in [3.63, 3.8) is 0 Å². The van der Waals surface area contributed by atoms with Crippen LogP contribution < -0.4 is 0 Å². The lowest BCUT2D eigenvalue weighted by molar-refractivity contribution is -0.164. The van der Waals surface area contributed by atoms with Gasteiger partial charge in [0.05, 0.1) is 17.7 Å². The van der Waals surface area contributed by atoms with Gasteiger partial charge < -0.3 is 4.74 Å². The first-order valence-electron chi connectivity index (χ1n) is 6.68. The van der Waals surface area contributed by atoms with Gasteiger partial charge in [-0.3, -0.25) is 19.3 Å². The first-order valence-corrected chi connectivity index (χ1v) is 6.68. The molecule has 0 spiro atoms. The molecule has 1 saturated carbocycles. The Morgan fingerprint density at radius 3 is 2.10 bits per heavy atom. The van der Waals surface area contributed by atoms with E-state index in [1.54, 1.807) is 19.1 Å². The fraction of sp³-hybridized carbons (Fsp3) is 0.333. The minimum atomic E-state index is -1.47. The number of ether oxygens (including phenoxy) is 1. The fourth-order valence-corrected chi connectivity index (χ4v) is 2.84. The Hall–Kier alpha value is -2.50. The highest BCUT2D eigenvalue weighted by atomic mass is 16.5. The summed E-state index contributed by atoms with van der Waals surface area (Å²) in [6.07, 6.45) is -0.339. The first-order chi connectivity index (χ1) is 10.0. The third-order valence-corrected chi connectivity index (χ3v) is 3.86. The Kier molecular flexibility index (Phi) is 2.90. The summed E-state index contributed by atoms with van der Waals surface area (Å²) in [6, 6.07) is 6.37. The SMILES string of the molecule is CCOC(=O)C1(N2C(=O)c3ccccc3C2=O)CC(=O)C1. The Morgan fingerprint density at radius 2 is 1.67 bits per heavy atom. The van der Waals surface area contributed by atoms with Gasteiger partial charge >= 0.3 is 5.97 Å². The third-order valence-electron chi connectivity index (χ3n) is 3.86. The molecule has 1 aromatic rings. The lowest BCUT2D eigenvalue weighted by atomic mass is 9.74. The minimum Gasteiger partial charge on any atom is -0.464 e. The van der Waals surface area contributed by atoms with Crippen molar-refractivity contribution in [2.45, 2.75) is 25.3 Å². The molecule has 6 nitrogen and oxygen atoms in total. The van der Waals surface area contributed by atoms with Gasteiger partial charge in [0.1, 0.15) is 5.78 Å². The maximum Gasteiger partial charge on any atom is 0.333 e. The van der Waals surface area contributed by atoms with Gasteiger partial charge in [-0.2, -0.15) is 0 Å². The average molecular weight is 287 g/mol. The highest BCUT2D eigenvalue weighted by Crippen LogP contribution is 2.41. The molecule has 108 valence electrons. The van der Waals surface area contributed by atoms with E-state index < -0.39 is 23.3 Å². The van der Waals surface area contributed by atoms with Crippen molar-refractivity contribution in [3.05, 3.63) is 35.4 Å². The van der Waals surface area contributed by atoms with E-state index in [0.717, 1.165) is 4.90 Å². The summed E-state index contributed by atoms with van der Waals surface area (Å²) in [6.45, 7) is 1.76. The molecule has 21 heavy (non-hydrogen) atoms. The molecule has 0 N–H and O–H groups in total. The highest BCUT2D eigenvalue weighted by Gasteiger charge is 2.61. The van der Waals surface area contributed by atoms with E-state index in [1.165, 1.54) is 12.1 Å². The van der Waals surface area contributed by atoms with Gasteiger partial charge in [0, 0.05) is 12.8 Å². The topological polar surface area (TPSA) is 80.8 Å². The van der Waals surface area contributed by atoms with E-state index >= 15 is 0 Å². The van der Waals surface area contributed by atoms with Gasteiger partial charge in [0.25, 0.3) is 11.8 Å². The first kappa shape index (κ1) is 13.5. The largest absolute Gasteiger partial charge is 0.464 e. The van der Waals surface area contributed by atoms with Crippen LogP contribution in [-0.4, -0.2) is 40.6 Å². The highest BCUT2D eigenvalue weighted by molar-refractivity contribution is 6.24. The molecule has 0 bridgehead atoms. The number of carbonyl (C=O) groups is 4. The second-order valence-corrected chi connectivity index (χ2v) is 5.14. The Bertz CT molecular complexity index is 635. The van der Waals surface area contributed by atoms with E-state index in [2.05, 4.69) is 0 Å². The normalized spacial score (nSPS) is 19.3. The van der Waals surface area contributed by atoms with Crippen molar-refractivity contribution < 1.29 is 23.9 Å². The van der Waals surface area contributed by atoms with Gasteiger partial charge in [-0.1, -0.05) is 12.1 Å². The lowest BCUT2D eigenvalue weighted by Crippen LogP contribution is -2.65. The molecule has 1 heterocycles. The van der Waals surface area contributed by atoms with Crippen molar-refractivity contribution in [1.82, 2.24) is 4.90 Å². The van der Waals surface area contributed by atoms with Gasteiger partial charge in [0.15, 0.2) is 5.54 Å². The number of ketones is 1. The molecule has 0 atom stereocenters. The number of Topliss-reactive ketones (excluding diaryl/α,β-unsaturated/α-hetero) is 1. The van der Waals surface area contributed by atoms with Crippen LogP contribution in [0.1, 0.15) is 40.5 Å². The molecule has 1 aliphatic heterocycles. The molecule has 2 amide bonds. The van der Waals surface area contributed by atoms with Crippen LogP contribution in [0.2, 0.25) is 0 Å². The summed E-state index contributed by atoms with van der Waals surface area (Å²) < 4.78 is 4.97. The van der Waals surface area contributed by atoms with Crippen LogP contribution >= 0.6 is 0 Å². The lowest BCUT2D eigenvalue weighted by Gasteiger charge is -2.43. The molecular formula is C15H13NO5. The smallest absolute Gasteiger partial charge is 0.333 e. The molecule has 3 rings (SSSR count). The number of imide groups is 1. The zero-order chi connectivity index (χ0) is 15.2. The molecule has 0 unspecified atom stereocenters. The van der Waals surface area contributed by atoms with Crippen LogP contribution in [0.4, 0.5) is 0 Å². The Labute approximate surface area is 120 Å². The number of benzene rings is 1. The summed E-state index contributed by atoms with van der Waals surface area (Å²) in [5.41, 5.74) is -0.962. The fourth-order valence-electron chi connectivity index (χ4n) is 2.84. The van der Waals surface area contributed by atoms with Crippen LogP contribution in [0, 0.1) is 0 Å². The molecule has 1 aliphatic carbocycles. The van der Waals surface area contributed by atoms with Crippen molar-refractivity contribution in [2.24, 2.45) is 0 Å². The molecule has 0 saturated heterocycles. The van der Waals surface area contributed by atoms with E-state index in [-0.39, 0.29) is 36.4 Å². The Balaban J connectivity index is 2.03. The predicted octanol–water partition coefficient (Wildman–Crippen LogP) is 0.947. The molecule has 6 heteroatoms. The molecule has 0 radical (unpaired) electrons. The standard InChI is InChI=1S/C15H13NO5/c1-2-21-14(20)15(7-9(17)8-15)16-12(18)10-5-3-4-6-11(10)13(16)19/h3-6H,2,7-8H2,1H3. The predicted molar refractivity (Wildman–Crippen MR) is 70.5 cm³/mol. The number of nitrogens with zero attached hydrogens (tertiary/aromatic N) is 1. The average Bonchev–Trinajstić information content (AvgIpc) is 2.69. The van der Waals surface area contributed by atoms with E-state index in [4.69, 9.17) is 4.74 Å². The summed E-state index contributed by atoms with van der Waals surface area (Å²) in [5, 5.41) is 0. The number of hydrogen-bond acceptors (Lipinski definition) is 5. The van der Waals surface area contributed by atoms with Gasteiger partial charge in [0.2, 0.25) is 0 Å². The number of esters is 1. The van der Waals surface area contributed by atoms with Crippen molar-refractivity contribution in [2.75, 3.05) is 6.61 Å². The summed E-state index contributed by atoms with van der Waals surface area (Å²) in [4.78, 5) is 49.4. The number of fused-ring (bicyclic) bond motifs is 1. The number of amides is 2. The zero-order valence-corrected chi connectivity index (χ0v) is 11.4. The second-order valence-electron chi connectivity index (χ2n) is 5.14. The maximum absolute atomic E-state index is 12.4. The number of rotatable bonds is 3. The van der Waals surface area contributed by atoms with E-state index in [0.29, 0.717) is 0 Å². The van der Waals surface area contributed by atoms with Crippen molar-refractivity contribution >= 4 is 23.6 Å². The minimum absolute atomic E-state index is 0.123. The Morgan fingerprint density at radius 1 is 1.14 bits per heavy atom. The second kappa shape index (κ2) is 4.51. The number of carbonyl (C=O) groups excluding carboxylic acids is 4. The van der Waals surface area contributed by atoms with Crippen LogP contribution in [0.15, 0.2) is 24.3 Å². The zero-order valence-electron chi connectivity index (χ0n) is 11.4. The molecule has 1 aromatic carbocycles. The van der Waals surface area contributed by atoms with Gasteiger partial charge in [-0.25, -0.2) is 4.79 Å². The monoisotopic (exact) mass is 287 g/mol. The van der Waals surface area contributed by atoms with Gasteiger partial charge in [-0.05, 0) is 19.1 Å². The van der Waals surface area contributed by atoms with Gasteiger partial charge in [-0.15, -0.1) is 0 Å². The third kappa shape index (κ3) is 1.72. The van der Waals surface area contributed by atoms with Crippen LogP contribution in [0.25, 0.3) is 0 Å². The molecule has 1 fully saturated rings. The van der Waals surface area contributed by atoms with E-state index in [1.807, 2.05) is 0 Å². The summed E-state index contributed by atoms with van der Waals surface area (Å²) in [5.74, 6) is -1.95. The molecular weight excluding hydrogens is 274 g/mol. The summed E-state index contributed by atoms with van der Waals surface area (Å²) in [7, 11) is 0. The van der Waals surface area contributed by atoms with Crippen LogP contribution in [0.3, 0.4) is 0 Å². The molecule has 0 aromatic heterocycles. The van der Waals surface area contributed by atoms with Crippen molar-refractivity contribution in [1.29, 1.82) is 0 Å². The quantitative estimate of drug-likeness (QED) is 0.610. The van der Waals surface area contributed by atoms with E-state index in [9.17, 15) is 19.2 Å².